The molecule has 0 spiro atoms. The van der Waals surface area contributed by atoms with E-state index in [2.05, 4.69) is 15.3 Å². The number of thioether (sulfide) groups is 1. The molecule has 0 radical (unpaired) electrons. The second kappa shape index (κ2) is 9.04. The molecule has 0 saturated heterocycles. The van der Waals surface area contributed by atoms with Gasteiger partial charge in [-0.25, -0.2) is 9.97 Å². The summed E-state index contributed by atoms with van der Waals surface area (Å²) >= 11 is 2.29. The zero-order valence-corrected chi connectivity index (χ0v) is 17.0. The number of nitrogen functional groups attached to an aromatic ring is 1. The standard InChI is InChI=1S/C19H11F3N6OS2/c20-19(21,22)11-1-2-14(26-7-11)27-15(29)9-31-18-13(6-24)16(10-3-4-30-8-10)12(5-23)17(25)28-18/h1-4,7-8H,9H2,(H2,25,28)(H,26,27,29). The number of aromatic nitrogens is 2. The van der Waals surface area contributed by atoms with Gasteiger partial charge in [-0.1, -0.05) is 11.8 Å². The van der Waals surface area contributed by atoms with Gasteiger partial charge in [0.1, 0.15) is 34.4 Å². The Balaban J connectivity index is 1.80. The fourth-order valence-electron chi connectivity index (χ4n) is 2.55. The van der Waals surface area contributed by atoms with Gasteiger partial charge in [0.15, 0.2) is 0 Å². The summed E-state index contributed by atoms with van der Waals surface area (Å²) in [6.45, 7) is 0. The molecule has 3 aromatic rings. The van der Waals surface area contributed by atoms with Crippen LogP contribution < -0.4 is 11.1 Å². The summed E-state index contributed by atoms with van der Waals surface area (Å²) in [5, 5.41) is 25.2. The molecular formula is C19H11F3N6OS2. The van der Waals surface area contributed by atoms with E-state index in [1.807, 2.05) is 12.1 Å². The zero-order valence-electron chi connectivity index (χ0n) is 15.4. The van der Waals surface area contributed by atoms with Crippen LogP contribution in [-0.4, -0.2) is 21.6 Å². The van der Waals surface area contributed by atoms with Gasteiger partial charge in [-0.05, 0) is 34.5 Å². The van der Waals surface area contributed by atoms with Crippen molar-refractivity contribution in [3.8, 4) is 23.3 Å². The van der Waals surface area contributed by atoms with E-state index in [0.717, 1.165) is 23.9 Å². The molecule has 0 saturated carbocycles. The average Bonchev–Trinajstić information content (AvgIpc) is 3.26. The molecule has 3 heterocycles. The summed E-state index contributed by atoms with van der Waals surface area (Å²) < 4.78 is 37.8. The van der Waals surface area contributed by atoms with Crippen LogP contribution >= 0.6 is 23.1 Å². The van der Waals surface area contributed by atoms with Gasteiger partial charge in [-0.15, -0.1) is 0 Å². The third-order valence-electron chi connectivity index (χ3n) is 3.92. The fourth-order valence-corrected chi connectivity index (χ4v) is 3.99. The zero-order chi connectivity index (χ0) is 22.6. The number of hydrogen-bond donors (Lipinski definition) is 2. The van der Waals surface area contributed by atoms with Gasteiger partial charge >= 0.3 is 6.18 Å². The molecule has 0 atom stereocenters. The minimum atomic E-state index is -4.53. The Bertz CT molecular complexity index is 1200. The fraction of sp³-hybridized carbons (Fsp3) is 0.105. The molecular weight excluding hydrogens is 449 g/mol. The van der Waals surface area contributed by atoms with E-state index in [4.69, 9.17) is 5.73 Å². The Morgan fingerprint density at radius 1 is 1.23 bits per heavy atom. The number of carbonyl (C=O) groups is 1. The number of amides is 1. The Hall–Kier alpha value is -3.61. The maximum atomic E-state index is 12.6. The van der Waals surface area contributed by atoms with Crippen LogP contribution in [0.5, 0.6) is 0 Å². The maximum Gasteiger partial charge on any atom is 0.417 e. The number of carbonyl (C=O) groups excluding carboxylic acids is 1. The molecule has 7 nitrogen and oxygen atoms in total. The molecule has 31 heavy (non-hydrogen) atoms. The summed E-state index contributed by atoms with van der Waals surface area (Å²) in [7, 11) is 0. The first-order valence-corrected chi connectivity index (χ1v) is 10.3. The Morgan fingerprint density at radius 2 is 1.97 bits per heavy atom. The number of thiophene rings is 1. The van der Waals surface area contributed by atoms with Crippen molar-refractivity contribution in [3.05, 3.63) is 51.8 Å². The van der Waals surface area contributed by atoms with Crippen molar-refractivity contribution < 1.29 is 18.0 Å². The summed E-state index contributed by atoms with van der Waals surface area (Å²) in [5.74, 6) is -0.901. The first-order valence-electron chi connectivity index (χ1n) is 8.36. The van der Waals surface area contributed by atoms with E-state index in [0.29, 0.717) is 17.3 Å². The van der Waals surface area contributed by atoms with Crippen LogP contribution in [0.1, 0.15) is 16.7 Å². The van der Waals surface area contributed by atoms with Crippen LogP contribution in [0.3, 0.4) is 0 Å². The minimum Gasteiger partial charge on any atom is -0.383 e. The molecule has 3 N–H and O–H groups in total. The first kappa shape index (κ1) is 22.1. The van der Waals surface area contributed by atoms with Crippen LogP contribution in [0.15, 0.2) is 40.2 Å². The number of nitrogens with zero attached hydrogens (tertiary/aromatic N) is 4. The number of pyridine rings is 2. The number of halogens is 3. The van der Waals surface area contributed by atoms with Gasteiger partial charge in [-0.2, -0.15) is 35.0 Å². The van der Waals surface area contributed by atoms with Crippen molar-refractivity contribution in [1.29, 1.82) is 10.5 Å². The summed E-state index contributed by atoms with van der Waals surface area (Å²) in [4.78, 5) is 19.9. The number of nitrogens with one attached hydrogen (secondary N) is 1. The van der Waals surface area contributed by atoms with Crippen molar-refractivity contribution >= 4 is 40.6 Å². The van der Waals surface area contributed by atoms with E-state index in [1.165, 1.54) is 11.3 Å². The highest BCUT2D eigenvalue weighted by Crippen LogP contribution is 2.36. The van der Waals surface area contributed by atoms with Crippen LogP contribution in [0, 0.1) is 22.7 Å². The predicted octanol–water partition coefficient (Wildman–Crippen LogP) is 4.28. The van der Waals surface area contributed by atoms with Crippen molar-refractivity contribution in [2.45, 2.75) is 11.2 Å². The van der Waals surface area contributed by atoms with Gasteiger partial charge in [0.2, 0.25) is 5.91 Å². The Labute approximate surface area is 182 Å². The predicted molar refractivity (Wildman–Crippen MR) is 110 cm³/mol. The molecule has 0 fully saturated rings. The van der Waals surface area contributed by atoms with E-state index in [1.54, 1.807) is 16.8 Å². The number of rotatable bonds is 5. The SMILES string of the molecule is N#Cc1c(N)nc(SCC(=O)Nc2ccc(C(F)(F)F)cn2)c(C#N)c1-c1ccsc1. The lowest BCUT2D eigenvalue weighted by Gasteiger charge is -2.12. The Morgan fingerprint density at radius 3 is 2.52 bits per heavy atom. The van der Waals surface area contributed by atoms with E-state index in [-0.39, 0.29) is 33.5 Å². The topological polar surface area (TPSA) is 128 Å². The highest BCUT2D eigenvalue weighted by molar-refractivity contribution is 8.00. The molecule has 0 unspecified atom stereocenters. The van der Waals surface area contributed by atoms with Crippen LogP contribution in [-0.2, 0) is 11.0 Å². The van der Waals surface area contributed by atoms with Crippen molar-refractivity contribution in [2.24, 2.45) is 0 Å². The molecule has 0 aliphatic rings. The minimum absolute atomic E-state index is 0.0506. The van der Waals surface area contributed by atoms with E-state index in [9.17, 15) is 28.5 Å². The Kier molecular flexibility index (Phi) is 6.44. The van der Waals surface area contributed by atoms with Gasteiger partial charge in [0.25, 0.3) is 0 Å². The second-order valence-corrected chi connectivity index (χ2v) is 7.67. The average molecular weight is 460 g/mol. The third-order valence-corrected chi connectivity index (χ3v) is 5.58. The monoisotopic (exact) mass is 460 g/mol. The lowest BCUT2D eigenvalue weighted by molar-refractivity contribution is -0.137. The van der Waals surface area contributed by atoms with Crippen LogP contribution in [0.2, 0.25) is 0 Å². The molecule has 0 aliphatic carbocycles. The number of hydrogen-bond acceptors (Lipinski definition) is 8. The summed E-state index contributed by atoms with van der Waals surface area (Å²) in [6, 6.07) is 7.55. The second-order valence-electron chi connectivity index (χ2n) is 5.93. The number of alkyl halides is 3. The van der Waals surface area contributed by atoms with Crippen molar-refractivity contribution in [1.82, 2.24) is 9.97 Å². The molecule has 0 aliphatic heterocycles. The van der Waals surface area contributed by atoms with Crippen molar-refractivity contribution in [3.63, 3.8) is 0 Å². The summed E-state index contributed by atoms with van der Waals surface area (Å²) in [5.41, 5.74) is 6.10. The lowest BCUT2D eigenvalue weighted by atomic mass is 9.99. The van der Waals surface area contributed by atoms with Gasteiger partial charge in [0, 0.05) is 11.8 Å². The maximum absolute atomic E-state index is 12.6. The highest BCUT2D eigenvalue weighted by atomic mass is 32.2. The van der Waals surface area contributed by atoms with Crippen LogP contribution in [0.4, 0.5) is 24.8 Å². The van der Waals surface area contributed by atoms with Crippen LogP contribution in [0.25, 0.3) is 11.1 Å². The normalized spacial score (nSPS) is 10.9. The van der Waals surface area contributed by atoms with Gasteiger partial charge in [0.05, 0.1) is 16.9 Å². The molecule has 0 bridgehead atoms. The highest BCUT2D eigenvalue weighted by Gasteiger charge is 2.30. The third kappa shape index (κ3) is 4.94. The molecule has 156 valence electrons. The number of nitriles is 2. The molecule has 3 aromatic heterocycles. The molecule has 1 amide bonds. The smallest absolute Gasteiger partial charge is 0.383 e. The first-order chi connectivity index (χ1) is 14.7. The number of nitrogens with two attached hydrogens (primary N) is 1. The largest absolute Gasteiger partial charge is 0.417 e. The van der Waals surface area contributed by atoms with Crippen molar-refractivity contribution in [2.75, 3.05) is 16.8 Å². The molecule has 0 aromatic carbocycles. The van der Waals surface area contributed by atoms with Gasteiger partial charge in [-0.3, -0.25) is 4.79 Å². The van der Waals surface area contributed by atoms with E-state index < -0.39 is 17.6 Å². The lowest BCUT2D eigenvalue weighted by Crippen LogP contribution is -2.16. The van der Waals surface area contributed by atoms with Gasteiger partial charge < -0.3 is 11.1 Å². The van der Waals surface area contributed by atoms with E-state index >= 15 is 0 Å². The summed E-state index contributed by atoms with van der Waals surface area (Å²) in [6.07, 6.45) is -3.91. The quantitative estimate of drug-likeness (QED) is 0.544. The molecule has 12 heteroatoms. The number of anilines is 2. The molecule has 3 rings (SSSR count).